The molecule has 1 amide bonds. The zero-order chi connectivity index (χ0) is 17.7. The second-order valence-corrected chi connectivity index (χ2v) is 5.77. The van der Waals surface area contributed by atoms with E-state index in [1.807, 2.05) is 38.1 Å². The summed E-state index contributed by atoms with van der Waals surface area (Å²) in [5, 5.41) is 6.14. The Labute approximate surface area is 142 Å². The average molecular weight is 330 g/mol. The number of carbonyl (C=O) groups is 1. The van der Waals surface area contributed by atoms with Crippen LogP contribution in [0.1, 0.15) is 44.0 Å². The van der Waals surface area contributed by atoms with Gasteiger partial charge in [-0.25, -0.2) is 4.39 Å². The predicted octanol–water partition coefficient (Wildman–Crippen LogP) is 4.20. The predicted molar refractivity (Wildman–Crippen MR) is 93.7 cm³/mol. The highest BCUT2D eigenvalue weighted by atomic mass is 19.1. The minimum atomic E-state index is -0.298. The van der Waals surface area contributed by atoms with E-state index in [-0.39, 0.29) is 23.8 Å². The van der Waals surface area contributed by atoms with Gasteiger partial charge in [-0.05, 0) is 43.7 Å². The maximum Gasteiger partial charge on any atom is 0.221 e. The molecule has 2 aromatic carbocycles. The quantitative estimate of drug-likeness (QED) is 0.834. The highest BCUT2D eigenvalue weighted by Crippen LogP contribution is 2.29. The molecule has 0 saturated carbocycles. The smallest absolute Gasteiger partial charge is 0.221 e. The number of halogens is 1. The van der Waals surface area contributed by atoms with Gasteiger partial charge >= 0.3 is 0 Å². The van der Waals surface area contributed by atoms with Gasteiger partial charge in [0.05, 0.1) is 7.11 Å². The molecule has 0 fully saturated rings. The lowest BCUT2D eigenvalue weighted by Crippen LogP contribution is -2.24. The van der Waals surface area contributed by atoms with Crippen LogP contribution in [0.25, 0.3) is 0 Å². The van der Waals surface area contributed by atoms with Crippen LogP contribution in [-0.2, 0) is 4.79 Å². The van der Waals surface area contributed by atoms with E-state index in [4.69, 9.17) is 4.74 Å². The molecule has 5 heteroatoms. The van der Waals surface area contributed by atoms with Crippen LogP contribution in [0.5, 0.6) is 5.75 Å². The molecule has 0 aliphatic heterocycles. The number of carbonyl (C=O) groups excluding carboxylic acids is 1. The van der Waals surface area contributed by atoms with Crippen LogP contribution in [0.15, 0.2) is 42.5 Å². The Morgan fingerprint density at radius 1 is 1.12 bits per heavy atom. The van der Waals surface area contributed by atoms with Crippen LogP contribution in [0.4, 0.5) is 10.1 Å². The third-order valence-corrected chi connectivity index (χ3v) is 3.87. The minimum absolute atomic E-state index is 0.0296. The number of anilines is 1. The number of methoxy groups -OCH3 is 1. The Balaban J connectivity index is 2.17. The highest BCUT2D eigenvalue weighted by molar-refractivity contribution is 5.88. The fourth-order valence-corrected chi connectivity index (χ4v) is 2.76. The molecular formula is C19H23FN2O2. The van der Waals surface area contributed by atoms with E-state index in [9.17, 15) is 9.18 Å². The Kier molecular flexibility index (Phi) is 5.93. The Morgan fingerprint density at radius 2 is 1.83 bits per heavy atom. The van der Waals surface area contributed by atoms with Crippen molar-refractivity contribution < 1.29 is 13.9 Å². The van der Waals surface area contributed by atoms with Crippen molar-refractivity contribution in [3.63, 3.8) is 0 Å². The summed E-state index contributed by atoms with van der Waals surface area (Å²) in [6, 6.07) is 12.1. The van der Waals surface area contributed by atoms with Crippen molar-refractivity contribution >= 4 is 11.6 Å². The van der Waals surface area contributed by atoms with Crippen molar-refractivity contribution in [1.29, 1.82) is 0 Å². The summed E-state index contributed by atoms with van der Waals surface area (Å²) < 4.78 is 19.5. The molecule has 2 atom stereocenters. The average Bonchev–Trinajstić information content (AvgIpc) is 2.53. The third kappa shape index (κ3) is 4.32. The number of amides is 1. The molecule has 2 N–H and O–H groups in total. The van der Waals surface area contributed by atoms with Gasteiger partial charge in [-0.2, -0.15) is 0 Å². The number of rotatable bonds is 6. The summed E-state index contributed by atoms with van der Waals surface area (Å²) in [4.78, 5) is 11.2. The first-order valence-corrected chi connectivity index (χ1v) is 7.88. The fourth-order valence-electron chi connectivity index (χ4n) is 2.76. The Bertz CT molecular complexity index is 718. The van der Waals surface area contributed by atoms with Crippen molar-refractivity contribution in [3.8, 4) is 5.75 Å². The van der Waals surface area contributed by atoms with Crippen molar-refractivity contribution in [2.45, 2.75) is 32.9 Å². The molecule has 0 aliphatic carbocycles. The van der Waals surface area contributed by atoms with E-state index in [1.54, 1.807) is 12.1 Å². The molecule has 2 aromatic rings. The van der Waals surface area contributed by atoms with E-state index in [0.29, 0.717) is 11.3 Å². The maximum atomic E-state index is 14.2. The van der Waals surface area contributed by atoms with E-state index in [2.05, 4.69) is 10.6 Å². The molecule has 128 valence electrons. The standard InChI is InChI=1S/C19H23FN2O2/c1-12(15-7-5-8-16(11-15)22-14(3)23)21-13(2)19-17(20)9-6-10-18(19)24-4/h5-13,21H,1-4H3,(H,22,23). The monoisotopic (exact) mass is 330 g/mol. The molecule has 2 rings (SSSR count). The molecule has 2 unspecified atom stereocenters. The first-order valence-electron chi connectivity index (χ1n) is 7.88. The van der Waals surface area contributed by atoms with E-state index in [1.165, 1.54) is 20.1 Å². The van der Waals surface area contributed by atoms with Gasteiger partial charge in [-0.1, -0.05) is 18.2 Å². The second-order valence-electron chi connectivity index (χ2n) is 5.77. The van der Waals surface area contributed by atoms with E-state index in [0.717, 1.165) is 11.3 Å². The van der Waals surface area contributed by atoms with Crippen molar-refractivity contribution in [2.24, 2.45) is 0 Å². The molecule has 0 saturated heterocycles. The van der Waals surface area contributed by atoms with Crippen LogP contribution in [-0.4, -0.2) is 13.0 Å². The zero-order valence-electron chi connectivity index (χ0n) is 14.4. The largest absolute Gasteiger partial charge is 0.496 e. The number of hydrogen-bond donors (Lipinski definition) is 2. The molecule has 24 heavy (non-hydrogen) atoms. The van der Waals surface area contributed by atoms with E-state index >= 15 is 0 Å². The van der Waals surface area contributed by atoms with Gasteiger partial charge < -0.3 is 15.4 Å². The molecule has 0 aliphatic rings. The highest BCUT2D eigenvalue weighted by Gasteiger charge is 2.18. The first kappa shape index (κ1) is 17.9. The molecule has 0 aromatic heterocycles. The molecule has 0 spiro atoms. The van der Waals surface area contributed by atoms with Crippen LogP contribution < -0.4 is 15.4 Å². The number of nitrogens with one attached hydrogen (secondary N) is 2. The summed E-state index contributed by atoms with van der Waals surface area (Å²) in [6.45, 7) is 5.37. The van der Waals surface area contributed by atoms with Crippen LogP contribution in [0.3, 0.4) is 0 Å². The number of hydrogen-bond acceptors (Lipinski definition) is 3. The van der Waals surface area contributed by atoms with Crippen molar-refractivity contribution in [3.05, 3.63) is 59.4 Å². The van der Waals surface area contributed by atoms with Gasteiger partial charge in [-0.15, -0.1) is 0 Å². The lowest BCUT2D eigenvalue weighted by molar-refractivity contribution is -0.114. The Hall–Kier alpha value is -2.40. The zero-order valence-corrected chi connectivity index (χ0v) is 14.4. The SMILES string of the molecule is COc1cccc(F)c1C(C)NC(C)c1cccc(NC(C)=O)c1. The van der Waals surface area contributed by atoms with Crippen LogP contribution in [0.2, 0.25) is 0 Å². The van der Waals surface area contributed by atoms with Gasteiger partial charge in [0.1, 0.15) is 11.6 Å². The molecule has 4 nitrogen and oxygen atoms in total. The molecule has 0 bridgehead atoms. The third-order valence-electron chi connectivity index (χ3n) is 3.87. The van der Waals surface area contributed by atoms with Gasteiger partial charge in [0, 0.05) is 30.3 Å². The second kappa shape index (κ2) is 7.93. The van der Waals surface area contributed by atoms with Gasteiger partial charge in [0.25, 0.3) is 0 Å². The van der Waals surface area contributed by atoms with Gasteiger partial charge in [-0.3, -0.25) is 4.79 Å². The van der Waals surface area contributed by atoms with Crippen molar-refractivity contribution in [2.75, 3.05) is 12.4 Å². The Morgan fingerprint density at radius 3 is 2.50 bits per heavy atom. The maximum absolute atomic E-state index is 14.2. The lowest BCUT2D eigenvalue weighted by Gasteiger charge is -2.23. The van der Waals surface area contributed by atoms with Crippen LogP contribution >= 0.6 is 0 Å². The summed E-state index contributed by atoms with van der Waals surface area (Å²) in [5.41, 5.74) is 2.25. The molecular weight excluding hydrogens is 307 g/mol. The minimum Gasteiger partial charge on any atom is -0.496 e. The van der Waals surface area contributed by atoms with Gasteiger partial charge in [0.15, 0.2) is 0 Å². The normalized spacial score (nSPS) is 13.2. The molecule has 0 radical (unpaired) electrons. The van der Waals surface area contributed by atoms with Crippen LogP contribution in [0, 0.1) is 5.82 Å². The summed E-state index contributed by atoms with van der Waals surface area (Å²) in [7, 11) is 1.53. The van der Waals surface area contributed by atoms with Crippen molar-refractivity contribution in [1.82, 2.24) is 5.32 Å². The first-order chi connectivity index (χ1) is 11.4. The molecule has 0 heterocycles. The summed E-state index contributed by atoms with van der Waals surface area (Å²) >= 11 is 0. The van der Waals surface area contributed by atoms with E-state index < -0.39 is 0 Å². The number of benzene rings is 2. The topological polar surface area (TPSA) is 50.4 Å². The van der Waals surface area contributed by atoms with Gasteiger partial charge in [0.2, 0.25) is 5.91 Å². The summed E-state index contributed by atoms with van der Waals surface area (Å²) in [5.74, 6) is 0.111. The fraction of sp³-hybridized carbons (Fsp3) is 0.316. The number of ether oxygens (including phenoxy) is 1. The lowest BCUT2D eigenvalue weighted by atomic mass is 10.0. The summed E-state index contributed by atoms with van der Waals surface area (Å²) in [6.07, 6.45) is 0.